The van der Waals surface area contributed by atoms with E-state index in [0.717, 1.165) is 5.56 Å². The third-order valence-corrected chi connectivity index (χ3v) is 4.01. The Bertz CT molecular complexity index is 905. The van der Waals surface area contributed by atoms with Crippen molar-refractivity contribution >= 4 is 22.5 Å². The molecule has 1 atom stereocenters. The molecular formula is C18H17N3O4. The Labute approximate surface area is 143 Å². The molecule has 0 saturated heterocycles. The van der Waals surface area contributed by atoms with Crippen molar-refractivity contribution in [3.8, 4) is 0 Å². The number of carbonyl (C=O) groups excluding carboxylic acids is 1. The highest BCUT2D eigenvalue weighted by Crippen LogP contribution is 2.23. The van der Waals surface area contributed by atoms with Gasteiger partial charge in [0.1, 0.15) is 0 Å². The van der Waals surface area contributed by atoms with Crippen molar-refractivity contribution in [1.82, 2.24) is 10.3 Å². The number of nitrogens with one attached hydrogen (secondary N) is 2. The maximum Gasteiger partial charge on any atom is 0.270 e. The molecule has 3 aromatic rings. The van der Waals surface area contributed by atoms with Crippen LogP contribution >= 0.6 is 0 Å². The molecule has 0 aliphatic carbocycles. The first kappa shape index (κ1) is 16.7. The lowest BCUT2D eigenvalue weighted by molar-refractivity contribution is -0.384. The van der Waals surface area contributed by atoms with Crippen LogP contribution in [0.4, 0.5) is 5.69 Å². The molecule has 3 rings (SSSR count). The van der Waals surface area contributed by atoms with Crippen LogP contribution in [0, 0.1) is 10.1 Å². The van der Waals surface area contributed by atoms with Crippen molar-refractivity contribution in [3.63, 3.8) is 0 Å². The number of non-ortho nitro benzene ring substituents is 1. The summed E-state index contributed by atoms with van der Waals surface area (Å²) in [6.07, 6.45) is 1.24. The van der Waals surface area contributed by atoms with Crippen LogP contribution in [0.2, 0.25) is 0 Å². The number of hydrogen-bond donors (Lipinski definition) is 3. The van der Waals surface area contributed by atoms with Gasteiger partial charge in [0.25, 0.3) is 11.6 Å². The lowest BCUT2D eigenvalue weighted by Crippen LogP contribution is -2.25. The predicted molar refractivity (Wildman–Crippen MR) is 93.3 cm³/mol. The molecule has 0 radical (unpaired) electrons. The zero-order valence-electron chi connectivity index (χ0n) is 13.3. The zero-order chi connectivity index (χ0) is 17.8. The second kappa shape index (κ2) is 7.14. The van der Waals surface area contributed by atoms with Crippen LogP contribution in [-0.4, -0.2) is 27.5 Å². The van der Waals surface area contributed by atoms with E-state index in [1.165, 1.54) is 18.3 Å². The molecule has 1 aromatic heterocycles. The van der Waals surface area contributed by atoms with Gasteiger partial charge in [-0.15, -0.1) is 0 Å². The molecule has 0 fully saturated rings. The number of fused-ring (bicyclic) bond motifs is 1. The number of rotatable bonds is 6. The molecule has 0 saturated carbocycles. The summed E-state index contributed by atoms with van der Waals surface area (Å²) in [7, 11) is 0. The van der Waals surface area contributed by atoms with Crippen LogP contribution in [0.3, 0.4) is 0 Å². The molecule has 0 spiro atoms. The number of nitro benzene ring substituents is 1. The highest BCUT2D eigenvalue weighted by atomic mass is 16.6. The number of nitrogens with zero attached hydrogens (tertiary/aromatic N) is 1. The van der Waals surface area contributed by atoms with Gasteiger partial charge in [-0.1, -0.05) is 30.3 Å². The standard InChI is InChI=1S/C18H17N3O4/c22-17(12-4-2-1-3-5-12)8-9-19-18(23)15-11-20-16-7-6-13(21(24)25)10-14(15)16/h1-7,10-11,17,20,22H,8-9H2,(H,19,23). The van der Waals surface area contributed by atoms with E-state index in [1.54, 1.807) is 6.07 Å². The Balaban J connectivity index is 1.66. The number of amides is 1. The maximum absolute atomic E-state index is 12.3. The minimum Gasteiger partial charge on any atom is -0.388 e. The molecule has 3 N–H and O–H groups in total. The van der Waals surface area contributed by atoms with E-state index in [4.69, 9.17) is 0 Å². The van der Waals surface area contributed by atoms with Crippen LogP contribution in [0.5, 0.6) is 0 Å². The largest absolute Gasteiger partial charge is 0.388 e. The normalized spacial score (nSPS) is 12.0. The zero-order valence-corrected chi connectivity index (χ0v) is 13.3. The first-order valence-corrected chi connectivity index (χ1v) is 7.83. The summed E-state index contributed by atoms with van der Waals surface area (Å²) < 4.78 is 0. The van der Waals surface area contributed by atoms with Gasteiger partial charge in [-0.05, 0) is 18.1 Å². The Kier molecular flexibility index (Phi) is 4.76. The molecule has 7 heteroatoms. The topological polar surface area (TPSA) is 108 Å². The van der Waals surface area contributed by atoms with Crippen LogP contribution in [-0.2, 0) is 0 Å². The summed E-state index contributed by atoms with van der Waals surface area (Å²) in [5.41, 5.74) is 1.72. The average Bonchev–Trinajstić information content (AvgIpc) is 3.05. The monoisotopic (exact) mass is 339 g/mol. The summed E-state index contributed by atoms with van der Waals surface area (Å²) in [4.78, 5) is 25.7. The number of H-pyrrole nitrogens is 1. The van der Waals surface area contributed by atoms with E-state index in [1.807, 2.05) is 30.3 Å². The third-order valence-electron chi connectivity index (χ3n) is 4.01. The highest BCUT2D eigenvalue weighted by Gasteiger charge is 2.16. The van der Waals surface area contributed by atoms with Crippen LogP contribution in [0.25, 0.3) is 10.9 Å². The molecule has 1 heterocycles. The summed E-state index contributed by atoms with van der Waals surface area (Å²) >= 11 is 0. The number of carbonyl (C=O) groups is 1. The summed E-state index contributed by atoms with van der Waals surface area (Å²) in [6.45, 7) is 0.288. The maximum atomic E-state index is 12.3. The minimum atomic E-state index is -0.662. The SMILES string of the molecule is O=C(NCCC(O)c1ccccc1)c1c[nH]c2ccc([N+](=O)[O-])cc12. The fraction of sp³-hybridized carbons (Fsp3) is 0.167. The Morgan fingerprint density at radius 1 is 1.24 bits per heavy atom. The van der Waals surface area contributed by atoms with Gasteiger partial charge in [-0.3, -0.25) is 14.9 Å². The van der Waals surface area contributed by atoms with Gasteiger partial charge < -0.3 is 15.4 Å². The summed E-state index contributed by atoms with van der Waals surface area (Å²) in [5.74, 6) is -0.341. The molecule has 1 unspecified atom stereocenters. The number of hydrogen-bond acceptors (Lipinski definition) is 4. The van der Waals surface area contributed by atoms with E-state index < -0.39 is 11.0 Å². The van der Waals surface area contributed by atoms with E-state index in [0.29, 0.717) is 22.9 Å². The molecule has 0 bridgehead atoms. The van der Waals surface area contributed by atoms with Gasteiger partial charge in [0.2, 0.25) is 0 Å². The van der Waals surface area contributed by atoms with Gasteiger partial charge in [0.15, 0.2) is 0 Å². The molecule has 2 aromatic carbocycles. The quantitative estimate of drug-likeness (QED) is 0.474. The van der Waals surface area contributed by atoms with Crippen molar-refractivity contribution in [1.29, 1.82) is 0 Å². The molecule has 1 amide bonds. The minimum absolute atomic E-state index is 0.0688. The second-order valence-electron chi connectivity index (χ2n) is 5.66. The number of aromatic amines is 1. The van der Waals surface area contributed by atoms with Crippen molar-refractivity contribution < 1.29 is 14.8 Å². The van der Waals surface area contributed by atoms with Crippen molar-refractivity contribution in [3.05, 3.63) is 76.0 Å². The van der Waals surface area contributed by atoms with Crippen molar-refractivity contribution in [2.45, 2.75) is 12.5 Å². The molecular weight excluding hydrogens is 322 g/mol. The van der Waals surface area contributed by atoms with Gasteiger partial charge >= 0.3 is 0 Å². The molecule has 7 nitrogen and oxygen atoms in total. The summed E-state index contributed by atoms with van der Waals surface area (Å²) in [6, 6.07) is 13.5. The Morgan fingerprint density at radius 2 is 2.00 bits per heavy atom. The van der Waals surface area contributed by atoms with Crippen LogP contribution in [0.15, 0.2) is 54.7 Å². The number of aliphatic hydroxyl groups is 1. The Morgan fingerprint density at radius 3 is 2.72 bits per heavy atom. The lowest BCUT2D eigenvalue weighted by atomic mass is 10.1. The molecule has 25 heavy (non-hydrogen) atoms. The van der Waals surface area contributed by atoms with E-state index in [-0.39, 0.29) is 18.1 Å². The average molecular weight is 339 g/mol. The van der Waals surface area contributed by atoms with Crippen LogP contribution in [0.1, 0.15) is 28.4 Å². The van der Waals surface area contributed by atoms with Gasteiger partial charge in [0, 0.05) is 35.8 Å². The number of benzene rings is 2. The van der Waals surface area contributed by atoms with Gasteiger partial charge in [0.05, 0.1) is 16.6 Å². The second-order valence-corrected chi connectivity index (χ2v) is 5.66. The van der Waals surface area contributed by atoms with Gasteiger partial charge in [-0.2, -0.15) is 0 Å². The number of aromatic nitrogens is 1. The van der Waals surface area contributed by atoms with Crippen molar-refractivity contribution in [2.75, 3.05) is 6.54 Å². The Hall–Kier alpha value is -3.19. The highest BCUT2D eigenvalue weighted by molar-refractivity contribution is 6.07. The first-order valence-electron chi connectivity index (χ1n) is 7.83. The first-order chi connectivity index (χ1) is 12.1. The fourth-order valence-electron chi connectivity index (χ4n) is 2.67. The third kappa shape index (κ3) is 3.67. The molecule has 0 aliphatic heterocycles. The lowest BCUT2D eigenvalue weighted by Gasteiger charge is -2.11. The van der Waals surface area contributed by atoms with E-state index in [9.17, 15) is 20.0 Å². The smallest absolute Gasteiger partial charge is 0.270 e. The van der Waals surface area contributed by atoms with Crippen molar-refractivity contribution in [2.24, 2.45) is 0 Å². The summed E-state index contributed by atoms with van der Waals surface area (Å²) in [5, 5.41) is 24.2. The van der Waals surface area contributed by atoms with E-state index >= 15 is 0 Å². The molecule has 0 aliphatic rings. The number of nitro groups is 1. The number of aliphatic hydroxyl groups excluding tert-OH is 1. The van der Waals surface area contributed by atoms with Crippen LogP contribution < -0.4 is 5.32 Å². The van der Waals surface area contributed by atoms with Gasteiger partial charge in [-0.25, -0.2) is 0 Å². The molecule has 128 valence electrons. The van der Waals surface area contributed by atoms with E-state index in [2.05, 4.69) is 10.3 Å². The predicted octanol–water partition coefficient (Wildman–Crippen LogP) is 2.93. The fourth-order valence-corrected chi connectivity index (χ4v) is 2.67.